The summed E-state index contributed by atoms with van der Waals surface area (Å²) in [4.78, 5) is 12.5. The van der Waals surface area contributed by atoms with Gasteiger partial charge in [0.2, 0.25) is 5.91 Å². The summed E-state index contributed by atoms with van der Waals surface area (Å²) in [5.74, 6) is -0.333. The topological polar surface area (TPSA) is 89.8 Å². The minimum atomic E-state index is -0.964. The highest BCUT2D eigenvalue weighted by molar-refractivity contribution is 5.76. The summed E-state index contributed by atoms with van der Waals surface area (Å²) >= 11 is 0. The van der Waals surface area contributed by atoms with E-state index in [-0.39, 0.29) is 18.9 Å². The average Bonchev–Trinajstić information content (AvgIpc) is 3.23. The van der Waals surface area contributed by atoms with E-state index in [2.05, 4.69) is 55.6 Å². The first kappa shape index (κ1) is 57.3. The van der Waals surface area contributed by atoms with E-state index < -0.39 is 18.2 Å². The summed E-state index contributed by atoms with van der Waals surface area (Å²) in [6.07, 6.45) is 64.2. The van der Waals surface area contributed by atoms with E-state index >= 15 is 0 Å². The molecule has 346 valence electrons. The Kier molecular flexibility index (Phi) is 47.6. The highest BCUT2D eigenvalue weighted by atomic mass is 16.3. The molecule has 0 aliphatic heterocycles. The molecule has 0 heterocycles. The van der Waals surface area contributed by atoms with Crippen molar-refractivity contribution in [1.82, 2.24) is 5.32 Å². The van der Waals surface area contributed by atoms with Crippen molar-refractivity contribution in [3.05, 3.63) is 48.6 Å². The second kappa shape index (κ2) is 49.0. The molecule has 59 heavy (non-hydrogen) atoms. The molecule has 1 amide bonds. The predicted molar refractivity (Wildman–Crippen MR) is 259 cm³/mol. The van der Waals surface area contributed by atoms with Gasteiger partial charge in [0.25, 0.3) is 0 Å². The van der Waals surface area contributed by atoms with Crippen LogP contribution in [0.3, 0.4) is 0 Å². The molecular formula is C54H101NO4. The molecule has 0 radical (unpaired) electrons. The largest absolute Gasteiger partial charge is 0.394 e. The van der Waals surface area contributed by atoms with Crippen LogP contribution in [0, 0.1) is 0 Å². The van der Waals surface area contributed by atoms with Crippen molar-refractivity contribution in [3.63, 3.8) is 0 Å². The van der Waals surface area contributed by atoms with Crippen molar-refractivity contribution in [1.29, 1.82) is 0 Å². The van der Waals surface area contributed by atoms with Gasteiger partial charge in [0.15, 0.2) is 0 Å². The van der Waals surface area contributed by atoms with Crippen molar-refractivity contribution in [2.24, 2.45) is 0 Å². The molecule has 0 aliphatic carbocycles. The summed E-state index contributed by atoms with van der Waals surface area (Å²) in [5.41, 5.74) is 0. The Labute approximate surface area is 367 Å². The average molecular weight is 828 g/mol. The zero-order valence-corrected chi connectivity index (χ0v) is 39.4. The number of hydrogen-bond donors (Lipinski definition) is 4. The molecule has 4 N–H and O–H groups in total. The number of rotatable bonds is 47. The third-order valence-electron chi connectivity index (χ3n) is 11.8. The first-order valence-corrected chi connectivity index (χ1v) is 25.9. The first-order valence-electron chi connectivity index (χ1n) is 25.9. The molecule has 3 atom stereocenters. The van der Waals surface area contributed by atoms with Gasteiger partial charge in [-0.3, -0.25) is 4.79 Å². The molecule has 3 unspecified atom stereocenters. The van der Waals surface area contributed by atoms with Gasteiger partial charge >= 0.3 is 0 Å². The van der Waals surface area contributed by atoms with Gasteiger partial charge < -0.3 is 20.6 Å². The van der Waals surface area contributed by atoms with Gasteiger partial charge in [-0.15, -0.1) is 0 Å². The van der Waals surface area contributed by atoms with Crippen molar-refractivity contribution in [2.45, 2.75) is 283 Å². The van der Waals surface area contributed by atoms with Crippen molar-refractivity contribution in [2.75, 3.05) is 6.61 Å². The summed E-state index contributed by atoms with van der Waals surface area (Å²) in [6.45, 7) is 4.22. The zero-order chi connectivity index (χ0) is 43.0. The maximum atomic E-state index is 12.5. The van der Waals surface area contributed by atoms with Gasteiger partial charge in [-0.25, -0.2) is 0 Å². The Morgan fingerprint density at radius 3 is 1.08 bits per heavy atom. The van der Waals surface area contributed by atoms with E-state index in [1.807, 2.05) is 6.08 Å². The quantitative estimate of drug-likeness (QED) is 0.0363. The lowest BCUT2D eigenvalue weighted by Crippen LogP contribution is -2.45. The van der Waals surface area contributed by atoms with Crippen LogP contribution in [0.15, 0.2) is 48.6 Å². The molecule has 0 aromatic rings. The van der Waals surface area contributed by atoms with E-state index in [0.717, 1.165) is 51.4 Å². The smallest absolute Gasteiger partial charge is 0.222 e. The Morgan fingerprint density at radius 1 is 0.424 bits per heavy atom. The number of nitrogens with one attached hydrogen (secondary N) is 1. The molecule has 0 spiro atoms. The van der Waals surface area contributed by atoms with E-state index in [1.165, 1.54) is 186 Å². The normalized spacial score (nSPS) is 13.8. The lowest BCUT2D eigenvalue weighted by atomic mass is 10.0. The van der Waals surface area contributed by atoms with Gasteiger partial charge in [0.05, 0.1) is 31.3 Å². The molecule has 0 aliphatic rings. The number of carbonyl (C=O) groups is 1. The van der Waals surface area contributed by atoms with E-state index in [0.29, 0.717) is 6.42 Å². The standard InChI is InChI=1S/C54H101NO4/c1-3-5-7-9-11-13-15-17-19-21-23-25-26-28-30-32-34-36-38-40-42-44-46-48-53(58)52(50-56)55-54(59)49-51(57)47-45-43-41-39-37-35-33-31-29-27-24-22-20-18-16-14-12-10-8-6-4-2/h30-33,38,40,46,48,51-53,56-58H,3-29,34-37,39,41-45,47,49-50H2,1-2H3,(H,55,59)/b32-30+,33-31-,40-38+,48-46+. The summed E-state index contributed by atoms with van der Waals surface area (Å²) in [6, 6.07) is -0.772. The number of allylic oxidation sites excluding steroid dienone is 7. The van der Waals surface area contributed by atoms with Crippen LogP contribution in [0.4, 0.5) is 0 Å². The van der Waals surface area contributed by atoms with Gasteiger partial charge in [-0.05, 0) is 70.6 Å². The Balaban J connectivity index is 3.69. The second-order valence-corrected chi connectivity index (χ2v) is 17.8. The van der Waals surface area contributed by atoms with Crippen molar-refractivity contribution >= 4 is 5.91 Å². The maximum absolute atomic E-state index is 12.5. The molecule has 0 bridgehead atoms. The minimum Gasteiger partial charge on any atom is -0.394 e. The van der Waals surface area contributed by atoms with Crippen LogP contribution in [0.2, 0.25) is 0 Å². The van der Waals surface area contributed by atoms with Gasteiger partial charge in [-0.2, -0.15) is 0 Å². The molecule has 5 nitrogen and oxygen atoms in total. The van der Waals surface area contributed by atoms with Crippen molar-refractivity contribution < 1.29 is 20.1 Å². The van der Waals surface area contributed by atoms with Crippen LogP contribution < -0.4 is 5.32 Å². The predicted octanol–water partition coefficient (Wildman–Crippen LogP) is 15.7. The zero-order valence-electron chi connectivity index (χ0n) is 39.4. The highest BCUT2D eigenvalue weighted by Crippen LogP contribution is 2.16. The minimum absolute atomic E-state index is 0.00363. The molecule has 0 aromatic heterocycles. The SMILES string of the molecule is CCCCCCCCCCCCCC/C=C\CCCCCCCC(O)CC(=O)NC(CO)C(O)/C=C/CC/C=C/CC/C=C/CCCCCCCCCCCCCCC. The van der Waals surface area contributed by atoms with Crippen LogP contribution in [-0.4, -0.2) is 46.1 Å². The van der Waals surface area contributed by atoms with Crippen LogP contribution >= 0.6 is 0 Å². The fourth-order valence-electron chi connectivity index (χ4n) is 7.84. The Hall–Kier alpha value is -1.69. The van der Waals surface area contributed by atoms with E-state index in [1.54, 1.807) is 6.08 Å². The molecule has 0 fully saturated rings. The van der Waals surface area contributed by atoms with Crippen LogP contribution in [0.5, 0.6) is 0 Å². The number of amides is 1. The van der Waals surface area contributed by atoms with E-state index in [4.69, 9.17) is 0 Å². The molecular weight excluding hydrogens is 727 g/mol. The second-order valence-electron chi connectivity index (χ2n) is 17.8. The van der Waals surface area contributed by atoms with Crippen LogP contribution in [0.25, 0.3) is 0 Å². The molecule has 0 saturated heterocycles. The fraction of sp³-hybridized carbons (Fsp3) is 0.833. The maximum Gasteiger partial charge on any atom is 0.222 e. The van der Waals surface area contributed by atoms with Gasteiger partial charge in [0, 0.05) is 0 Å². The number of aliphatic hydroxyl groups excluding tert-OH is 3. The number of hydrogen-bond acceptors (Lipinski definition) is 4. The summed E-state index contributed by atoms with van der Waals surface area (Å²) in [5, 5.41) is 33.3. The third-order valence-corrected chi connectivity index (χ3v) is 11.8. The highest BCUT2D eigenvalue weighted by Gasteiger charge is 2.20. The van der Waals surface area contributed by atoms with Gasteiger partial charge in [-0.1, -0.05) is 236 Å². The molecule has 0 saturated carbocycles. The molecule has 5 heteroatoms. The lowest BCUT2D eigenvalue weighted by molar-refractivity contribution is -0.124. The van der Waals surface area contributed by atoms with Crippen molar-refractivity contribution in [3.8, 4) is 0 Å². The third kappa shape index (κ3) is 45.7. The first-order chi connectivity index (χ1) is 29.0. The fourth-order valence-corrected chi connectivity index (χ4v) is 7.84. The number of carbonyl (C=O) groups excluding carboxylic acids is 1. The Morgan fingerprint density at radius 2 is 0.729 bits per heavy atom. The monoisotopic (exact) mass is 828 g/mol. The number of unbranched alkanes of at least 4 members (excludes halogenated alkanes) is 32. The number of aliphatic hydroxyl groups is 3. The Bertz CT molecular complexity index is 958. The van der Waals surface area contributed by atoms with Crippen LogP contribution in [-0.2, 0) is 4.79 Å². The summed E-state index contributed by atoms with van der Waals surface area (Å²) in [7, 11) is 0. The molecule has 0 aromatic carbocycles. The van der Waals surface area contributed by atoms with Crippen LogP contribution in [0.1, 0.15) is 264 Å². The summed E-state index contributed by atoms with van der Waals surface area (Å²) < 4.78 is 0. The molecule has 0 rings (SSSR count). The van der Waals surface area contributed by atoms with Gasteiger partial charge in [0.1, 0.15) is 0 Å². The lowest BCUT2D eigenvalue weighted by Gasteiger charge is -2.20. The van der Waals surface area contributed by atoms with E-state index in [9.17, 15) is 20.1 Å².